The predicted molar refractivity (Wildman–Crippen MR) is 54.5 cm³/mol. The molecule has 1 heterocycles. The Bertz CT molecular complexity index is 542. The van der Waals surface area contributed by atoms with Crippen molar-refractivity contribution in [1.29, 1.82) is 0 Å². The number of hydrogen-bond acceptors (Lipinski definition) is 1. The van der Waals surface area contributed by atoms with Gasteiger partial charge in [-0.25, -0.2) is 8.78 Å². The molecule has 1 aromatic heterocycles. The number of pyridine rings is 1. The van der Waals surface area contributed by atoms with Crippen LogP contribution < -0.4 is 0 Å². The summed E-state index contributed by atoms with van der Waals surface area (Å²) in [6.45, 7) is 0. The average Bonchev–Trinajstić information content (AvgIpc) is 2.29. The number of hydrogen-bond donors (Lipinski definition) is 0. The fraction of sp³-hybridized carbons (Fsp3) is 0. The van der Waals surface area contributed by atoms with Crippen LogP contribution in [0.15, 0.2) is 24.3 Å². The zero-order valence-electron chi connectivity index (χ0n) is 8.15. The Kier molecular flexibility index (Phi) is 3.02. The second kappa shape index (κ2) is 4.33. The molecule has 1 aromatic carbocycles. The second-order valence-electron chi connectivity index (χ2n) is 3.20. The third-order valence-corrected chi connectivity index (χ3v) is 2.48. The van der Waals surface area contributed by atoms with Gasteiger partial charge in [-0.05, 0) is 17.7 Å². The fourth-order valence-electron chi connectivity index (χ4n) is 1.36. The van der Waals surface area contributed by atoms with E-state index < -0.39 is 34.1 Å². The highest BCUT2D eigenvalue weighted by atomic mass is 35.5. The standard InChI is InChI=1S/C11H4ClF4N/c12-8-7(5-1-3-6(13)4-2-5)9(14)11(16)17-10(8)15/h1-4H. The van der Waals surface area contributed by atoms with Crippen molar-refractivity contribution in [3.8, 4) is 11.1 Å². The maximum Gasteiger partial charge on any atom is 0.252 e. The minimum atomic E-state index is -1.59. The van der Waals surface area contributed by atoms with Crippen molar-refractivity contribution in [2.45, 2.75) is 0 Å². The van der Waals surface area contributed by atoms with Crippen LogP contribution in [-0.4, -0.2) is 4.98 Å². The molecule has 0 bridgehead atoms. The molecule has 2 aromatic rings. The molecule has 6 heteroatoms. The maximum atomic E-state index is 13.4. The van der Waals surface area contributed by atoms with Gasteiger partial charge in [0.15, 0.2) is 5.82 Å². The van der Waals surface area contributed by atoms with E-state index in [1.165, 1.54) is 12.1 Å². The highest BCUT2D eigenvalue weighted by molar-refractivity contribution is 6.33. The minimum Gasteiger partial charge on any atom is -0.207 e. The molecule has 17 heavy (non-hydrogen) atoms. The Morgan fingerprint density at radius 3 is 2.06 bits per heavy atom. The fourth-order valence-corrected chi connectivity index (χ4v) is 1.59. The number of halogens is 5. The van der Waals surface area contributed by atoms with Crippen LogP contribution in [0.4, 0.5) is 17.6 Å². The van der Waals surface area contributed by atoms with Crippen molar-refractivity contribution < 1.29 is 17.6 Å². The zero-order chi connectivity index (χ0) is 12.6. The molecule has 0 unspecified atom stereocenters. The summed E-state index contributed by atoms with van der Waals surface area (Å²) in [5.74, 6) is -4.83. The lowest BCUT2D eigenvalue weighted by Crippen LogP contribution is -1.99. The van der Waals surface area contributed by atoms with Gasteiger partial charge in [-0.15, -0.1) is 0 Å². The molecule has 88 valence electrons. The lowest BCUT2D eigenvalue weighted by Gasteiger charge is -2.07. The molecular weight excluding hydrogens is 258 g/mol. The molecule has 0 aliphatic rings. The van der Waals surface area contributed by atoms with Crippen molar-refractivity contribution in [3.05, 3.63) is 52.8 Å². The van der Waals surface area contributed by atoms with E-state index in [1.807, 2.05) is 0 Å². The summed E-state index contributed by atoms with van der Waals surface area (Å²) in [5.41, 5.74) is -0.411. The predicted octanol–water partition coefficient (Wildman–Crippen LogP) is 3.96. The summed E-state index contributed by atoms with van der Waals surface area (Å²) >= 11 is 5.51. The summed E-state index contributed by atoms with van der Waals surface area (Å²) in [5, 5.41) is -0.643. The maximum absolute atomic E-state index is 13.4. The van der Waals surface area contributed by atoms with E-state index in [-0.39, 0.29) is 5.56 Å². The first kappa shape index (κ1) is 11.9. The molecule has 0 aliphatic heterocycles. The van der Waals surface area contributed by atoms with Gasteiger partial charge in [-0.1, -0.05) is 23.7 Å². The van der Waals surface area contributed by atoms with Crippen molar-refractivity contribution in [3.63, 3.8) is 0 Å². The smallest absolute Gasteiger partial charge is 0.207 e. The summed E-state index contributed by atoms with van der Waals surface area (Å²) in [7, 11) is 0. The van der Waals surface area contributed by atoms with Gasteiger partial charge in [0.25, 0.3) is 5.95 Å². The lowest BCUT2D eigenvalue weighted by atomic mass is 10.1. The van der Waals surface area contributed by atoms with Crippen molar-refractivity contribution >= 4 is 11.6 Å². The highest BCUT2D eigenvalue weighted by Gasteiger charge is 2.20. The third-order valence-electron chi connectivity index (χ3n) is 2.13. The molecule has 0 amide bonds. The first-order valence-corrected chi connectivity index (χ1v) is 4.84. The Morgan fingerprint density at radius 2 is 1.47 bits per heavy atom. The molecule has 0 fully saturated rings. The first-order chi connectivity index (χ1) is 8.00. The van der Waals surface area contributed by atoms with Gasteiger partial charge >= 0.3 is 0 Å². The van der Waals surface area contributed by atoms with E-state index in [9.17, 15) is 17.6 Å². The Balaban J connectivity index is 2.70. The lowest BCUT2D eigenvalue weighted by molar-refractivity contribution is 0.450. The highest BCUT2D eigenvalue weighted by Crippen LogP contribution is 2.32. The molecule has 0 radical (unpaired) electrons. The molecule has 0 aliphatic carbocycles. The van der Waals surface area contributed by atoms with Crippen LogP contribution in [0.2, 0.25) is 5.02 Å². The van der Waals surface area contributed by atoms with E-state index in [4.69, 9.17) is 11.6 Å². The van der Waals surface area contributed by atoms with Crippen LogP contribution in [0.3, 0.4) is 0 Å². The molecule has 0 saturated heterocycles. The summed E-state index contributed by atoms with van der Waals surface area (Å²) in [6, 6.07) is 4.39. The largest absolute Gasteiger partial charge is 0.252 e. The molecule has 0 atom stereocenters. The quantitative estimate of drug-likeness (QED) is 0.559. The van der Waals surface area contributed by atoms with Gasteiger partial charge in [0.05, 0.1) is 0 Å². The number of rotatable bonds is 1. The number of benzene rings is 1. The topological polar surface area (TPSA) is 12.9 Å². The first-order valence-electron chi connectivity index (χ1n) is 4.46. The Hall–Kier alpha value is -1.62. The molecule has 0 N–H and O–H groups in total. The van der Waals surface area contributed by atoms with E-state index in [2.05, 4.69) is 4.98 Å². The molecule has 2 rings (SSSR count). The third kappa shape index (κ3) is 2.10. The van der Waals surface area contributed by atoms with Gasteiger partial charge in [0.1, 0.15) is 10.8 Å². The SMILES string of the molecule is Fc1ccc(-c2c(F)c(F)nc(F)c2Cl)cc1. The van der Waals surface area contributed by atoms with Gasteiger partial charge in [0, 0.05) is 5.56 Å². The molecular formula is C11H4ClF4N. The van der Waals surface area contributed by atoms with E-state index in [0.717, 1.165) is 12.1 Å². The normalized spacial score (nSPS) is 10.6. The Labute approximate surface area is 98.7 Å². The van der Waals surface area contributed by atoms with E-state index >= 15 is 0 Å². The Morgan fingerprint density at radius 1 is 0.882 bits per heavy atom. The van der Waals surface area contributed by atoms with Crippen molar-refractivity contribution in [1.82, 2.24) is 4.98 Å². The van der Waals surface area contributed by atoms with E-state index in [0.29, 0.717) is 0 Å². The van der Waals surface area contributed by atoms with E-state index in [1.54, 1.807) is 0 Å². The van der Waals surface area contributed by atoms with Crippen LogP contribution in [0, 0.1) is 23.5 Å². The molecule has 0 saturated carbocycles. The monoisotopic (exact) mass is 261 g/mol. The minimum absolute atomic E-state index is 0.0640. The zero-order valence-corrected chi connectivity index (χ0v) is 8.90. The average molecular weight is 262 g/mol. The van der Waals surface area contributed by atoms with Crippen LogP contribution in [0.25, 0.3) is 11.1 Å². The van der Waals surface area contributed by atoms with Crippen LogP contribution in [-0.2, 0) is 0 Å². The van der Waals surface area contributed by atoms with Gasteiger partial charge in [-0.2, -0.15) is 13.8 Å². The molecule has 0 spiro atoms. The van der Waals surface area contributed by atoms with Crippen LogP contribution in [0.1, 0.15) is 0 Å². The molecule has 1 nitrogen and oxygen atoms in total. The summed E-state index contributed by atoms with van der Waals surface area (Å²) in [4.78, 5) is 2.66. The second-order valence-corrected chi connectivity index (χ2v) is 3.58. The number of aromatic nitrogens is 1. The van der Waals surface area contributed by atoms with Crippen molar-refractivity contribution in [2.24, 2.45) is 0 Å². The van der Waals surface area contributed by atoms with Gasteiger partial charge in [0.2, 0.25) is 5.95 Å². The van der Waals surface area contributed by atoms with Gasteiger partial charge < -0.3 is 0 Å². The van der Waals surface area contributed by atoms with Crippen molar-refractivity contribution in [2.75, 3.05) is 0 Å². The summed E-state index contributed by atoms with van der Waals surface area (Å²) in [6.07, 6.45) is 0. The van der Waals surface area contributed by atoms with Crippen LogP contribution >= 0.6 is 11.6 Å². The van der Waals surface area contributed by atoms with Crippen LogP contribution in [0.5, 0.6) is 0 Å². The number of nitrogens with zero attached hydrogens (tertiary/aromatic N) is 1. The van der Waals surface area contributed by atoms with Gasteiger partial charge in [-0.3, -0.25) is 0 Å². The summed E-state index contributed by atoms with van der Waals surface area (Å²) < 4.78 is 52.1.